The summed E-state index contributed by atoms with van der Waals surface area (Å²) in [6, 6.07) is 29.9. The lowest BCUT2D eigenvalue weighted by molar-refractivity contribution is 0.106. The third kappa shape index (κ3) is 7.30. The monoisotopic (exact) mass is 1020 g/mol. The second kappa shape index (κ2) is 17.6. The van der Waals surface area contributed by atoms with E-state index in [9.17, 15) is 57.8 Å². The third-order valence-electron chi connectivity index (χ3n) is 11.8. The molecule has 0 unspecified atom stereocenters. The Balaban J connectivity index is 1.14. The van der Waals surface area contributed by atoms with Gasteiger partial charge in [-0.05, 0) is 47.5 Å². The number of carbonyl (C=O) groups is 4. The van der Waals surface area contributed by atoms with E-state index in [0.29, 0.717) is 54.2 Å². The molecular weight excluding hydrogens is 1000 g/mol. The highest BCUT2D eigenvalue weighted by molar-refractivity contribution is 7.35. The van der Waals surface area contributed by atoms with Gasteiger partial charge < -0.3 is 9.47 Å². The molecule has 5 heterocycles. The van der Waals surface area contributed by atoms with Crippen LogP contribution < -0.4 is 0 Å². The standard InChI is InChI=1S/C52H20F4N8O6S3/c53-31-11-27-29(13-33(31)55)45(65)41(39(27)25(17-57)18-58)61-37-15-35-47(71-37)49-43(63(35)51(67)69-21-23-7-3-1-4-8-23)44-50(73-49)48-36(64(44)52(68)70-22-24-9-5-2-6-10-24)16-38(72-48)62-42-40(26(19-59)20-60)28-12-32(54)34(56)14-30(28)46(42)66/h1-16H,21-22H2. The average Bonchev–Trinajstić information content (AvgIpc) is 4.27. The van der Waals surface area contributed by atoms with Gasteiger partial charge in [0.1, 0.15) is 70.1 Å². The predicted octanol–water partition coefficient (Wildman–Crippen LogP) is 12.6. The number of ether oxygens (including phenoxy) is 2. The van der Waals surface area contributed by atoms with Gasteiger partial charge in [-0.2, -0.15) is 21.0 Å². The molecule has 9 aromatic rings. The van der Waals surface area contributed by atoms with E-state index in [1.54, 1.807) is 84.9 Å². The molecule has 2 aliphatic rings. The topological polar surface area (TPSA) is 216 Å². The lowest BCUT2D eigenvalue weighted by atomic mass is 10.0. The van der Waals surface area contributed by atoms with E-state index in [4.69, 9.17) is 9.47 Å². The molecule has 0 radical (unpaired) electrons. The fraction of sp³-hybridized carbons (Fsp3) is 0.0385. The zero-order valence-corrected chi connectivity index (χ0v) is 38.9. The number of fused-ring (bicyclic) bond motifs is 9. The summed E-state index contributed by atoms with van der Waals surface area (Å²) in [7, 11) is 0. The van der Waals surface area contributed by atoms with Crippen molar-refractivity contribution in [1.82, 2.24) is 9.13 Å². The summed E-state index contributed by atoms with van der Waals surface area (Å²) in [4.78, 5) is 66.0. The van der Waals surface area contributed by atoms with Crippen LogP contribution >= 0.6 is 34.0 Å². The predicted molar refractivity (Wildman–Crippen MR) is 262 cm³/mol. The first kappa shape index (κ1) is 45.8. The maximum absolute atomic E-state index is 14.6. The highest BCUT2D eigenvalue weighted by Crippen LogP contribution is 2.52. The van der Waals surface area contributed by atoms with E-state index < -0.39 is 69.6 Å². The van der Waals surface area contributed by atoms with Gasteiger partial charge in [0.15, 0.2) is 23.3 Å². The lowest BCUT2D eigenvalue weighted by Gasteiger charge is -2.10. The number of allylic oxidation sites excluding steroid dienone is 4. The van der Waals surface area contributed by atoms with Gasteiger partial charge in [0.05, 0.1) is 40.9 Å². The Labute approximate surface area is 417 Å². The van der Waals surface area contributed by atoms with Crippen molar-refractivity contribution in [3.05, 3.63) is 165 Å². The number of nitriles is 4. The van der Waals surface area contributed by atoms with E-state index in [-0.39, 0.29) is 78.7 Å². The Morgan fingerprint density at radius 1 is 0.507 bits per heavy atom. The first-order chi connectivity index (χ1) is 35.3. The molecule has 2 aliphatic carbocycles. The smallest absolute Gasteiger partial charge is 0.419 e. The first-order valence-corrected chi connectivity index (χ1v) is 23.6. The van der Waals surface area contributed by atoms with Crippen LogP contribution in [0.1, 0.15) is 43.0 Å². The van der Waals surface area contributed by atoms with Crippen LogP contribution in [0.2, 0.25) is 0 Å². The second-order valence-electron chi connectivity index (χ2n) is 16.0. The number of nitrogens with zero attached hydrogens (tertiary/aromatic N) is 8. The highest BCUT2D eigenvalue weighted by atomic mass is 32.1. The van der Waals surface area contributed by atoms with E-state index in [1.807, 2.05) is 0 Å². The van der Waals surface area contributed by atoms with Crippen molar-refractivity contribution in [2.24, 2.45) is 9.98 Å². The van der Waals surface area contributed by atoms with Crippen LogP contribution in [0.3, 0.4) is 0 Å². The summed E-state index contributed by atoms with van der Waals surface area (Å²) in [6.07, 6.45) is -1.82. The average molecular weight is 1020 g/mol. The number of rotatable bonds is 6. The molecule has 14 nitrogen and oxygen atoms in total. The van der Waals surface area contributed by atoms with Gasteiger partial charge in [0.25, 0.3) is 0 Å². The van der Waals surface area contributed by atoms with Crippen molar-refractivity contribution in [2.45, 2.75) is 13.2 Å². The van der Waals surface area contributed by atoms with Crippen molar-refractivity contribution in [3.63, 3.8) is 0 Å². The molecule has 0 spiro atoms. The number of ketones is 2. The number of carbonyl (C=O) groups excluding carboxylic acids is 4. The Bertz CT molecular complexity index is 4030. The normalized spacial score (nSPS) is 14.0. The Hall–Kier alpha value is -9.64. The van der Waals surface area contributed by atoms with Gasteiger partial charge in [-0.15, -0.1) is 34.0 Å². The van der Waals surface area contributed by atoms with Gasteiger partial charge in [0, 0.05) is 33.4 Å². The molecule has 4 aromatic carbocycles. The molecule has 0 atom stereocenters. The lowest BCUT2D eigenvalue weighted by Crippen LogP contribution is -2.16. The summed E-state index contributed by atoms with van der Waals surface area (Å²) in [5.41, 5.74) is -1.79. The fourth-order valence-corrected chi connectivity index (χ4v) is 12.3. The van der Waals surface area contributed by atoms with Crippen LogP contribution in [0.4, 0.5) is 37.2 Å². The molecule has 21 heteroatoms. The summed E-state index contributed by atoms with van der Waals surface area (Å²) in [5, 5.41) is 39.7. The van der Waals surface area contributed by atoms with E-state index in [2.05, 4.69) is 9.98 Å². The van der Waals surface area contributed by atoms with Gasteiger partial charge in [-0.3, -0.25) is 9.59 Å². The SMILES string of the molecule is N#CC(C#N)=C1C(=Nc2cc3c(s2)c2sc4c5sc(N=C6C(=O)c7cc(F)c(F)cc7C6=C(C#N)C#N)cc5n(C(=O)OCc5ccccc5)c4c2n3C(=O)OCc2ccccc2)C(=O)c2cc(F)c(F)cc21. The molecule has 11 rings (SSSR count). The fourth-order valence-electron chi connectivity index (χ4n) is 8.66. The van der Waals surface area contributed by atoms with E-state index in [1.165, 1.54) is 21.3 Å². The van der Waals surface area contributed by atoms with Gasteiger partial charge in [0.2, 0.25) is 11.6 Å². The maximum Gasteiger partial charge on any atom is 0.419 e. The van der Waals surface area contributed by atoms with Crippen molar-refractivity contribution < 1.29 is 46.2 Å². The van der Waals surface area contributed by atoms with Crippen LogP contribution in [0.15, 0.2) is 118 Å². The van der Waals surface area contributed by atoms with Crippen LogP contribution in [0.5, 0.6) is 0 Å². The molecule has 0 N–H and O–H groups in total. The maximum atomic E-state index is 14.6. The largest absolute Gasteiger partial charge is 0.444 e. The minimum absolute atomic E-state index is 0.0592. The Morgan fingerprint density at radius 3 is 1.22 bits per heavy atom. The molecule has 0 bridgehead atoms. The quantitative estimate of drug-likeness (QED) is 0.113. The summed E-state index contributed by atoms with van der Waals surface area (Å²) < 4.78 is 74.0. The minimum atomic E-state index is -1.34. The molecular formula is C52H20F4N8O6S3. The van der Waals surface area contributed by atoms with E-state index in [0.717, 1.165) is 34.0 Å². The van der Waals surface area contributed by atoms with Gasteiger partial charge >= 0.3 is 12.2 Å². The first-order valence-electron chi connectivity index (χ1n) is 21.2. The van der Waals surface area contributed by atoms with Crippen LogP contribution in [-0.2, 0) is 22.7 Å². The van der Waals surface area contributed by atoms with E-state index >= 15 is 0 Å². The molecule has 0 saturated carbocycles. The highest BCUT2D eigenvalue weighted by Gasteiger charge is 2.38. The zero-order valence-electron chi connectivity index (χ0n) is 36.4. The molecule has 0 amide bonds. The number of hydrogen-bond donors (Lipinski definition) is 0. The van der Waals surface area contributed by atoms with Crippen molar-refractivity contribution in [3.8, 4) is 24.3 Å². The van der Waals surface area contributed by atoms with Crippen molar-refractivity contribution in [1.29, 1.82) is 21.0 Å². The molecule has 73 heavy (non-hydrogen) atoms. The molecule has 350 valence electrons. The number of aromatic nitrogens is 2. The molecule has 5 aromatic heterocycles. The van der Waals surface area contributed by atoms with Crippen LogP contribution in [0.25, 0.3) is 52.0 Å². The van der Waals surface area contributed by atoms with Crippen molar-refractivity contribution in [2.75, 3.05) is 0 Å². The Morgan fingerprint density at radius 2 is 0.863 bits per heavy atom. The van der Waals surface area contributed by atoms with Gasteiger partial charge in [-0.1, -0.05) is 60.7 Å². The van der Waals surface area contributed by atoms with Crippen LogP contribution in [-0.4, -0.2) is 44.3 Å². The molecule has 0 aliphatic heterocycles. The number of halogens is 4. The third-order valence-corrected chi connectivity index (χ3v) is 15.4. The number of Topliss-reactive ketones (excluding diaryl/α,β-unsaturated/α-hetero) is 2. The summed E-state index contributed by atoms with van der Waals surface area (Å²) in [6.45, 7) is -0.383. The minimum Gasteiger partial charge on any atom is -0.444 e. The summed E-state index contributed by atoms with van der Waals surface area (Å²) in [5.74, 6) is -7.13. The zero-order chi connectivity index (χ0) is 51.0. The van der Waals surface area contributed by atoms with Crippen molar-refractivity contribution >= 4 is 131 Å². The Kier molecular flexibility index (Phi) is 11.1. The molecule has 0 fully saturated rings. The van der Waals surface area contributed by atoms with Gasteiger partial charge in [-0.25, -0.2) is 46.3 Å². The summed E-state index contributed by atoms with van der Waals surface area (Å²) >= 11 is 3.07. The number of hydrogen-bond acceptors (Lipinski definition) is 15. The second-order valence-corrected chi connectivity index (χ2v) is 19.0. The number of benzene rings is 4. The van der Waals surface area contributed by atoms with Crippen LogP contribution in [0, 0.1) is 68.6 Å². The number of aliphatic imine (C=N–C) groups is 2. The molecule has 0 saturated heterocycles. The number of thiophene rings is 3.